The molecule has 8 rings (SSSR count). The fourth-order valence-corrected chi connectivity index (χ4v) is 12.7. The molecule has 7 heteroatoms. The summed E-state index contributed by atoms with van der Waals surface area (Å²) in [6.07, 6.45) is 0. The zero-order valence-electron chi connectivity index (χ0n) is 29.8. The number of fused-ring (bicyclic) bond motifs is 2. The average molecular weight is 726 g/mol. The molecule has 0 bridgehead atoms. The van der Waals surface area contributed by atoms with Crippen LogP contribution >= 0.6 is 6.89 Å². The molecule has 6 nitrogen and oxygen atoms in total. The van der Waals surface area contributed by atoms with E-state index >= 15 is 14.4 Å². The Morgan fingerprint density at radius 1 is 0.648 bits per heavy atom. The van der Waals surface area contributed by atoms with Gasteiger partial charge < -0.3 is 9.64 Å². The first-order valence-electron chi connectivity index (χ1n) is 17.7. The molecule has 264 valence electrons. The second-order valence-corrected chi connectivity index (χ2v) is 16.8. The number of benzene rings is 6. The van der Waals surface area contributed by atoms with Crippen molar-refractivity contribution in [3.63, 3.8) is 0 Å². The molecule has 1 amide bonds. The number of aryl methyl sites for hydroxylation is 1. The van der Waals surface area contributed by atoms with Crippen molar-refractivity contribution in [2.75, 3.05) is 12.0 Å². The molecule has 1 aliphatic heterocycles. The predicted octanol–water partition coefficient (Wildman–Crippen LogP) is 6.88. The summed E-state index contributed by atoms with van der Waals surface area (Å²) in [5, 5.41) is 2.46. The van der Waals surface area contributed by atoms with Crippen LogP contribution < -0.4 is 20.8 Å². The lowest BCUT2D eigenvalue weighted by Gasteiger charge is -2.32. The zero-order valence-corrected chi connectivity index (χ0v) is 30.7. The van der Waals surface area contributed by atoms with Gasteiger partial charge in [-0.3, -0.25) is 14.4 Å². The Bertz CT molecular complexity index is 2430. The summed E-state index contributed by atoms with van der Waals surface area (Å²) in [5.41, 5.74) is 0.233. The number of anilines is 1. The minimum atomic E-state index is -3.38. The molecule has 1 spiro atoms. The lowest BCUT2D eigenvalue weighted by atomic mass is 9.72. The number of nitrogens with zero attached hydrogens (tertiary/aromatic N) is 1. The van der Waals surface area contributed by atoms with E-state index in [9.17, 15) is 4.79 Å². The number of rotatable bonds is 8. The number of ketones is 2. The van der Waals surface area contributed by atoms with Gasteiger partial charge in [-0.1, -0.05) is 169 Å². The molecule has 0 fully saturated rings. The van der Waals surface area contributed by atoms with Gasteiger partial charge in [-0.05, 0) is 41.4 Å². The van der Waals surface area contributed by atoms with Gasteiger partial charge in [0, 0.05) is 27.7 Å². The van der Waals surface area contributed by atoms with Crippen molar-refractivity contribution < 1.29 is 23.9 Å². The maximum absolute atomic E-state index is 16.5. The SMILES string of the molecule is COC(=O)C1=C(C(=O)c2ccccc2)C2(C(=O)C1=P(c1ccccc1)(c1ccccc1)c1ccccc1)C(=O)N(Cc1ccccc1)c1ccc(C)cc12. The second-order valence-electron chi connectivity index (χ2n) is 13.4. The maximum Gasteiger partial charge on any atom is 0.339 e. The third kappa shape index (κ3) is 5.17. The van der Waals surface area contributed by atoms with E-state index in [0.29, 0.717) is 11.3 Å². The van der Waals surface area contributed by atoms with Crippen molar-refractivity contribution in [2.45, 2.75) is 18.9 Å². The Morgan fingerprint density at radius 2 is 1.13 bits per heavy atom. The number of ether oxygens (including phenoxy) is 1. The minimum absolute atomic E-state index is 0.111. The van der Waals surface area contributed by atoms with Crippen molar-refractivity contribution in [1.82, 2.24) is 0 Å². The summed E-state index contributed by atoms with van der Waals surface area (Å²) in [4.78, 5) is 64.0. The Hall–Kier alpha value is -6.36. The third-order valence-corrected chi connectivity index (χ3v) is 14.7. The van der Waals surface area contributed by atoms with Crippen LogP contribution in [0, 0.1) is 6.92 Å². The van der Waals surface area contributed by atoms with Gasteiger partial charge in [0.2, 0.25) is 0 Å². The normalized spacial score (nSPS) is 16.6. The molecule has 1 aliphatic carbocycles. The first-order chi connectivity index (χ1) is 26.3. The summed E-state index contributed by atoms with van der Waals surface area (Å²) < 4.78 is 5.57. The predicted molar refractivity (Wildman–Crippen MR) is 215 cm³/mol. The Kier molecular flexibility index (Phi) is 8.93. The van der Waals surface area contributed by atoms with Crippen LogP contribution in [0.15, 0.2) is 181 Å². The van der Waals surface area contributed by atoms with Gasteiger partial charge in [0.1, 0.15) is 0 Å². The Labute approximate surface area is 314 Å². The van der Waals surface area contributed by atoms with Gasteiger partial charge in [-0.25, -0.2) is 4.79 Å². The van der Waals surface area contributed by atoms with E-state index in [2.05, 4.69) is 0 Å². The van der Waals surface area contributed by atoms with Gasteiger partial charge in [0.25, 0.3) is 5.91 Å². The highest BCUT2D eigenvalue weighted by atomic mass is 31.2. The minimum Gasteiger partial charge on any atom is -0.465 e. The smallest absolute Gasteiger partial charge is 0.339 e. The topological polar surface area (TPSA) is 80.8 Å². The molecule has 0 saturated carbocycles. The molecule has 1 unspecified atom stereocenters. The van der Waals surface area contributed by atoms with Gasteiger partial charge in [0.15, 0.2) is 17.0 Å². The molecule has 0 aromatic heterocycles. The van der Waals surface area contributed by atoms with Crippen LogP contribution in [-0.2, 0) is 31.1 Å². The van der Waals surface area contributed by atoms with Crippen LogP contribution in [0.1, 0.15) is 27.0 Å². The van der Waals surface area contributed by atoms with E-state index < -0.39 is 35.7 Å². The Balaban J connectivity index is 1.62. The number of carbonyl (C=O) groups is 4. The standard InChI is InChI=1S/C47H36NO5P/c1-32-28-29-39-38(30-32)47(46(52)48(39)31-33-18-8-3-9-19-33)41(42(49)34-20-10-4-11-21-34)40(45(51)53-2)43(44(47)50)54(35-22-12-5-13-23-35,36-24-14-6-15-25-36)37-26-16-7-17-27-37/h3-30H,31H2,1-2H3. The largest absolute Gasteiger partial charge is 0.465 e. The van der Waals surface area contributed by atoms with E-state index in [1.54, 1.807) is 35.2 Å². The fraction of sp³-hybridized carbons (Fsp3) is 0.0851. The number of carbonyl (C=O) groups excluding carboxylic acids is 4. The molecule has 6 aromatic carbocycles. The van der Waals surface area contributed by atoms with Crippen molar-refractivity contribution in [1.29, 1.82) is 0 Å². The Morgan fingerprint density at radius 3 is 1.63 bits per heavy atom. The average Bonchev–Trinajstić information content (AvgIpc) is 3.63. The summed E-state index contributed by atoms with van der Waals surface area (Å²) in [6.45, 7) is -1.34. The van der Waals surface area contributed by atoms with Crippen molar-refractivity contribution in [3.05, 3.63) is 203 Å². The molecule has 0 N–H and O–H groups in total. The zero-order chi connectivity index (χ0) is 37.5. The number of amides is 1. The molecule has 1 atom stereocenters. The van der Waals surface area contributed by atoms with E-state index in [-0.39, 0.29) is 28.5 Å². The molecule has 54 heavy (non-hydrogen) atoms. The van der Waals surface area contributed by atoms with E-state index in [4.69, 9.17) is 4.74 Å². The van der Waals surface area contributed by atoms with Gasteiger partial charge >= 0.3 is 5.97 Å². The molecular formula is C47H36NO5P. The van der Waals surface area contributed by atoms with E-state index in [1.165, 1.54) is 7.11 Å². The van der Waals surface area contributed by atoms with Crippen LogP contribution in [0.5, 0.6) is 0 Å². The highest BCUT2D eigenvalue weighted by Crippen LogP contribution is 2.59. The van der Waals surface area contributed by atoms with Gasteiger partial charge in [0.05, 0.1) is 19.2 Å². The van der Waals surface area contributed by atoms with Gasteiger partial charge in [-0.2, -0.15) is 0 Å². The van der Waals surface area contributed by atoms with E-state index in [1.807, 2.05) is 146 Å². The van der Waals surface area contributed by atoms with E-state index in [0.717, 1.165) is 27.0 Å². The summed E-state index contributed by atoms with van der Waals surface area (Å²) in [6, 6.07) is 52.5. The molecular weight excluding hydrogens is 689 g/mol. The van der Waals surface area contributed by atoms with Crippen LogP contribution in [0.25, 0.3) is 0 Å². The summed E-state index contributed by atoms with van der Waals surface area (Å²) >= 11 is 0. The van der Waals surface area contributed by atoms with Crippen LogP contribution in [0.4, 0.5) is 5.69 Å². The number of hydrogen-bond donors (Lipinski definition) is 0. The highest BCUT2D eigenvalue weighted by molar-refractivity contribution is 7.97. The third-order valence-electron chi connectivity index (χ3n) is 10.4. The van der Waals surface area contributed by atoms with Crippen molar-refractivity contribution >= 4 is 57.2 Å². The molecule has 0 radical (unpaired) electrons. The van der Waals surface area contributed by atoms with Crippen LogP contribution in [-0.4, -0.2) is 35.8 Å². The number of methoxy groups -OCH3 is 1. The molecule has 6 aromatic rings. The monoisotopic (exact) mass is 725 g/mol. The molecule has 1 heterocycles. The highest BCUT2D eigenvalue weighted by Gasteiger charge is 2.67. The number of Topliss-reactive ketones (excluding diaryl/α,β-unsaturated/α-hetero) is 2. The first-order valence-corrected chi connectivity index (χ1v) is 19.5. The van der Waals surface area contributed by atoms with Crippen LogP contribution in [0.2, 0.25) is 0 Å². The number of hydrogen-bond acceptors (Lipinski definition) is 5. The quantitative estimate of drug-likeness (QED) is 0.0740. The maximum atomic E-state index is 16.5. The molecule has 2 aliphatic rings. The van der Waals surface area contributed by atoms with Crippen LogP contribution in [0.3, 0.4) is 0 Å². The lowest BCUT2D eigenvalue weighted by Crippen LogP contribution is -2.49. The lowest BCUT2D eigenvalue weighted by molar-refractivity contribution is -0.135. The van der Waals surface area contributed by atoms with Crippen molar-refractivity contribution in [3.8, 4) is 0 Å². The fourth-order valence-electron chi connectivity index (χ4n) is 8.14. The first kappa shape index (κ1) is 34.7. The van der Waals surface area contributed by atoms with Gasteiger partial charge in [-0.15, -0.1) is 0 Å². The number of esters is 1. The molecule has 0 saturated heterocycles. The van der Waals surface area contributed by atoms with Crippen molar-refractivity contribution in [2.24, 2.45) is 0 Å². The summed E-state index contributed by atoms with van der Waals surface area (Å²) in [7, 11) is 1.25. The summed E-state index contributed by atoms with van der Waals surface area (Å²) in [5.74, 6) is -2.63. The second kappa shape index (κ2) is 13.9.